The number of benzene rings is 2. The normalized spacial score (nSPS) is 13.3. The minimum Gasteiger partial charge on any atom is -0.318 e. The predicted octanol–water partition coefficient (Wildman–Crippen LogP) is 2.61. The van der Waals surface area contributed by atoms with Gasteiger partial charge in [0.05, 0.1) is 10.6 Å². The molecule has 1 aliphatic heterocycles. The second-order valence-electron chi connectivity index (χ2n) is 6.36. The summed E-state index contributed by atoms with van der Waals surface area (Å²) in [6.45, 7) is 2.32. The van der Waals surface area contributed by atoms with Crippen LogP contribution in [0, 0.1) is 17.0 Å². The van der Waals surface area contributed by atoms with E-state index in [-0.39, 0.29) is 17.3 Å². The highest BCUT2D eigenvalue weighted by Gasteiger charge is 2.22. The Labute approximate surface area is 160 Å². The molecule has 0 aliphatic carbocycles. The number of anilines is 3. The molecular weight excluding hydrogens is 364 g/mol. The molecule has 0 spiro atoms. The summed E-state index contributed by atoms with van der Waals surface area (Å²) in [5.74, 6) is -1.79. The third-order valence-corrected chi connectivity index (χ3v) is 4.40. The number of nitrogens with zero attached hydrogens (tertiary/aromatic N) is 2. The van der Waals surface area contributed by atoms with Crippen molar-refractivity contribution in [2.45, 2.75) is 19.8 Å². The molecule has 1 fully saturated rings. The van der Waals surface area contributed by atoms with Crippen molar-refractivity contribution in [3.05, 3.63) is 58.1 Å². The molecule has 0 radical (unpaired) electrons. The van der Waals surface area contributed by atoms with Crippen molar-refractivity contribution in [2.24, 2.45) is 0 Å². The van der Waals surface area contributed by atoms with Gasteiger partial charge in [0.25, 0.3) is 5.69 Å². The van der Waals surface area contributed by atoms with Crippen LogP contribution in [0.15, 0.2) is 42.5 Å². The molecule has 0 unspecified atom stereocenters. The highest BCUT2D eigenvalue weighted by Crippen LogP contribution is 2.24. The lowest BCUT2D eigenvalue weighted by atomic mass is 10.2. The van der Waals surface area contributed by atoms with Crippen LogP contribution in [-0.2, 0) is 14.4 Å². The zero-order valence-corrected chi connectivity index (χ0v) is 15.1. The van der Waals surface area contributed by atoms with Gasteiger partial charge in [-0.05, 0) is 43.2 Å². The van der Waals surface area contributed by atoms with Crippen molar-refractivity contribution in [1.82, 2.24) is 0 Å². The molecule has 1 aliphatic rings. The van der Waals surface area contributed by atoms with Crippen LogP contribution in [-0.4, -0.2) is 29.2 Å². The molecule has 0 aromatic heterocycles. The molecule has 9 nitrogen and oxygen atoms in total. The number of non-ortho nitro benzene ring substituents is 1. The Morgan fingerprint density at radius 3 is 2.36 bits per heavy atom. The number of nitro benzene ring substituents is 1. The minimum atomic E-state index is -0.942. The molecular formula is C19H18N4O5. The van der Waals surface area contributed by atoms with Gasteiger partial charge in [0.2, 0.25) is 5.91 Å². The smallest absolute Gasteiger partial charge is 0.314 e. The molecule has 144 valence electrons. The van der Waals surface area contributed by atoms with E-state index in [9.17, 15) is 24.5 Å². The van der Waals surface area contributed by atoms with E-state index in [1.54, 1.807) is 36.1 Å². The van der Waals surface area contributed by atoms with E-state index >= 15 is 0 Å². The quantitative estimate of drug-likeness (QED) is 0.478. The van der Waals surface area contributed by atoms with Gasteiger partial charge in [0.1, 0.15) is 0 Å². The van der Waals surface area contributed by atoms with Crippen LogP contribution in [0.4, 0.5) is 22.7 Å². The van der Waals surface area contributed by atoms with Crippen molar-refractivity contribution in [3.63, 3.8) is 0 Å². The van der Waals surface area contributed by atoms with Crippen molar-refractivity contribution in [2.75, 3.05) is 22.1 Å². The highest BCUT2D eigenvalue weighted by atomic mass is 16.6. The number of hydrogen-bond donors (Lipinski definition) is 2. The number of nitro groups is 1. The molecule has 3 amide bonds. The van der Waals surface area contributed by atoms with Crippen LogP contribution in [0.2, 0.25) is 0 Å². The summed E-state index contributed by atoms with van der Waals surface area (Å²) in [7, 11) is 0. The van der Waals surface area contributed by atoms with Crippen LogP contribution in [0.3, 0.4) is 0 Å². The maximum Gasteiger partial charge on any atom is 0.314 e. The molecule has 0 bridgehead atoms. The van der Waals surface area contributed by atoms with Gasteiger partial charge in [0, 0.05) is 36.5 Å². The van der Waals surface area contributed by atoms with Crippen LogP contribution >= 0.6 is 0 Å². The Kier molecular flexibility index (Phi) is 5.35. The topological polar surface area (TPSA) is 122 Å². The van der Waals surface area contributed by atoms with Gasteiger partial charge in [-0.2, -0.15) is 0 Å². The minimum absolute atomic E-state index is 0.0588. The average molecular weight is 382 g/mol. The highest BCUT2D eigenvalue weighted by molar-refractivity contribution is 6.43. The summed E-state index contributed by atoms with van der Waals surface area (Å²) in [6.07, 6.45) is 1.34. The summed E-state index contributed by atoms with van der Waals surface area (Å²) in [5.41, 5.74) is 1.72. The van der Waals surface area contributed by atoms with Gasteiger partial charge >= 0.3 is 11.8 Å². The first kappa shape index (κ1) is 19.0. The Hall–Kier alpha value is -3.75. The van der Waals surface area contributed by atoms with Crippen LogP contribution in [0.5, 0.6) is 0 Å². The number of carbonyl (C=O) groups is 3. The van der Waals surface area contributed by atoms with E-state index in [0.717, 1.165) is 12.1 Å². The van der Waals surface area contributed by atoms with Gasteiger partial charge in [-0.15, -0.1) is 0 Å². The van der Waals surface area contributed by atoms with Crippen LogP contribution in [0.25, 0.3) is 0 Å². The van der Waals surface area contributed by atoms with E-state index < -0.39 is 16.7 Å². The Bertz CT molecular complexity index is 955. The number of rotatable bonds is 4. The maximum absolute atomic E-state index is 12.1. The standard InChI is InChI=1S/C19H18N4O5/c1-12-4-7-15(23(27)28)11-16(12)21-19(26)18(25)20-13-5-8-14(9-6-13)22-10-2-3-17(22)24/h4-9,11H,2-3,10H2,1H3,(H,20,25)(H,21,26). The summed E-state index contributed by atoms with van der Waals surface area (Å²) in [4.78, 5) is 47.9. The molecule has 0 saturated carbocycles. The fourth-order valence-electron chi connectivity index (χ4n) is 2.87. The monoisotopic (exact) mass is 382 g/mol. The SMILES string of the molecule is Cc1ccc([N+](=O)[O-])cc1NC(=O)C(=O)Nc1ccc(N2CCCC2=O)cc1. The fraction of sp³-hybridized carbons (Fsp3) is 0.211. The molecule has 0 atom stereocenters. The largest absolute Gasteiger partial charge is 0.318 e. The van der Waals surface area contributed by atoms with E-state index in [1.807, 2.05) is 0 Å². The summed E-state index contributed by atoms with van der Waals surface area (Å²) in [5, 5.41) is 15.7. The van der Waals surface area contributed by atoms with E-state index in [1.165, 1.54) is 18.2 Å². The van der Waals surface area contributed by atoms with Gasteiger partial charge in [-0.3, -0.25) is 24.5 Å². The number of carbonyl (C=O) groups excluding carboxylic acids is 3. The molecule has 1 heterocycles. The summed E-state index contributed by atoms with van der Waals surface area (Å²) in [6, 6.07) is 10.6. The first-order valence-electron chi connectivity index (χ1n) is 8.63. The number of hydrogen-bond acceptors (Lipinski definition) is 5. The lowest BCUT2D eigenvalue weighted by Gasteiger charge is -2.16. The summed E-state index contributed by atoms with van der Waals surface area (Å²) >= 11 is 0. The number of nitrogens with one attached hydrogen (secondary N) is 2. The Balaban J connectivity index is 1.64. The second-order valence-corrected chi connectivity index (χ2v) is 6.36. The lowest BCUT2D eigenvalue weighted by molar-refractivity contribution is -0.384. The average Bonchev–Trinajstić information content (AvgIpc) is 3.09. The van der Waals surface area contributed by atoms with Gasteiger partial charge < -0.3 is 15.5 Å². The van der Waals surface area contributed by atoms with Crippen molar-refractivity contribution in [3.8, 4) is 0 Å². The van der Waals surface area contributed by atoms with Crippen molar-refractivity contribution >= 4 is 40.5 Å². The Morgan fingerprint density at radius 1 is 1.07 bits per heavy atom. The molecule has 2 aromatic carbocycles. The maximum atomic E-state index is 12.1. The third-order valence-electron chi connectivity index (χ3n) is 4.40. The molecule has 1 saturated heterocycles. The fourth-order valence-corrected chi connectivity index (χ4v) is 2.87. The van der Waals surface area contributed by atoms with E-state index in [0.29, 0.717) is 24.2 Å². The second kappa shape index (κ2) is 7.87. The zero-order valence-electron chi connectivity index (χ0n) is 15.1. The van der Waals surface area contributed by atoms with Crippen molar-refractivity contribution < 1.29 is 19.3 Å². The first-order valence-corrected chi connectivity index (χ1v) is 8.63. The van der Waals surface area contributed by atoms with Crippen molar-refractivity contribution in [1.29, 1.82) is 0 Å². The van der Waals surface area contributed by atoms with Crippen LogP contribution in [0.1, 0.15) is 18.4 Å². The van der Waals surface area contributed by atoms with E-state index in [2.05, 4.69) is 10.6 Å². The third kappa shape index (κ3) is 4.14. The van der Waals surface area contributed by atoms with Gasteiger partial charge in [0.15, 0.2) is 0 Å². The first-order chi connectivity index (χ1) is 13.3. The molecule has 2 N–H and O–H groups in total. The molecule has 3 rings (SSSR count). The molecule has 2 aromatic rings. The van der Waals surface area contributed by atoms with Gasteiger partial charge in [-0.25, -0.2) is 0 Å². The lowest BCUT2D eigenvalue weighted by Crippen LogP contribution is -2.29. The predicted molar refractivity (Wildman–Crippen MR) is 103 cm³/mol. The number of aryl methyl sites for hydroxylation is 1. The zero-order chi connectivity index (χ0) is 20.3. The van der Waals surface area contributed by atoms with Gasteiger partial charge in [-0.1, -0.05) is 6.07 Å². The molecule has 28 heavy (non-hydrogen) atoms. The van der Waals surface area contributed by atoms with Crippen LogP contribution < -0.4 is 15.5 Å². The molecule has 9 heteroatoms. The van der Waals surface area contributed by atoms with E-state index in [4.69, 9.17) is 0 Å². The summed E-state index contributed by atoms with van der Waals surface area (Å²) < 4.78 is 0. The Morgan fingerprint density at radius 2 is 1.75 bits per heavy atom. The number of amides is 3.